The van der Waals surface area contributed by atoms with E-state index in [-0.39, 0.29) is 5.97 Å². The van der Waals surface area contributed by atoms with Gasteiger partial charge < -0.3 is 10.5 Å². The first-order valence-corrected chi connectivity index (χ1v) is 5.31. The maximum atomic E-state index is 11.9. The molecule has 0 atom stereocenters. The van der Waals surface area contributed by atoms with Crippen LogP contribution in [0, 0.1) is 13.8 Å². The number of rotatable bonds is 1. The Morgan fingerprint density at radius 2 is 1.81 bits per heavy atom. The summed E-state index contributed by atoms with van der Waals surface area (Å²) in [6.07, 6.45) is 0. The van der Waals surface area contributed by atoms with E-state index in [1.54, 1.807) is 6.07 Å². The van der Waals surface area contributed by atoms with Crippen molar-refractivity contribution in [2.75, 3.05) is 5.73 Å². The van der Waals surface area contributed by atoms with Gasteiger partial charge in [0.05, 0.1) is 5.56 Å². The topological polar surface area (TPSA) is 52.3 Å². The van der Waals surface area contributed by atoms with Crippen LogP contribution in [0.4, 0.5) is 5.69 Å². The predicted molar refractivity (Wildman–Crippen MR) is 65.5 cm³/mol. The third-order valence-corrected chi connectivity index (χ3v) is 2.15. The molecule has 0 saturated carbocycles. The maximum Gasteiger partial charge on any atom is 0.340 e. The number of aryl methyl sites for hydroxylation is 2. The Hall–Kier alpha value is -1.51. The minimum Gasteiger partial charge on any atom is -0.456 e. The molecule has 0 saturated heterocycles. The van der Waals surface area contributed by atoms with Crippen molar-refractivity contribution in [2.24, 2.45) is 0 Å². The molecule has 0 aliphatic carbocycles. The van der Waals surface area contributed by atoms with Gasteiger partial charge in [-0.25, -0.2) is 4.79 Å². The number of hydrogen-bond donors (Lipinski definition) is 1. The van der Waals surface area contributed by atoms with Crippen LogP contribution in [0.2, 0.25) is 0 Å². The van der Waals surface area contributed by atoms with Gasteiger partial charge in [-0.2, -0.15) is 0 Å². The minimum absolute atomic E-state index is 0.364. The SMILES string of the molecule is Cc1cc(C)c(N)c(C(=O)OC(C)(C)C)c1. The average molecular weight is 221 g/mol. The van der Waals surface area contributed by atoms with E-state index in [0.29, 0.717) is 11.3 Å². The highest BCUT2D eigenvalue weighted by molar-refractivity contribution is 5.96. The Morgan fingerprint density at radius 1 is 1.25 bits per heavy atom. The zero-order valence-corrected chi connectivity index (χ0v) is 10.5. The summed E-state index contributed by atoms with van der Waals surface area (Å²) < 4.78 is 5.30. The van der Waals surface area contributed by atoms with E-state index in [9.17, 15) is 4.79 Å². The lowest BCUT2D eigenvalue weighted by Crippen LogP contribution is -2.24. The Labute approximate surface area is 96.6 Å². The van der Waals surface area contributed by atoms with Crippen LogP contribution < -0.4 is 5.73 Å². The lowest BCUT2D eigenvalue weighted by molar-refractivity contribution is 0.00706. The molecule has 0 heterocycles. The zero-order chi connectivity index (χ0) is 12.5. The number of anilines is 1. The van der Waals surface area contributed by atoms with Crippen LogP contribution in [-0.2, 0) is 4.74 Å². The molecule has 1 aromatic carbocycles. The van der Waals surface area contributed by atoms with Crippen molar-refractivity contribution >= 4 is 11.7 Å². The summed E-state index contributed by atoms with van der Waals surface area (Å²) in [5, 5.41) is 0. The van der Waals surface area contributed by atoms with Gasteiger partial charge in [-0.3, -0.25) is 0 Å². The van der Waals surface area contributed by atoms with E-state index in [1.165, 1.54) is 0 Å². The number of nitrogens with two attached hydrogens (primary N) is 1. The Bertz CT molecular complexity index is 417. The fraction of sp³-hybridized carbons (Fsp3) is 0.462. The number of carbonyl (C=O) groups excluding carboxylic acids is 1. The quantitative estimate of drug-likeness (QED) is 0.586. The molecule has 0 amide bonds. The smallest absolute Gasteiger partial charge is 0.340 e. The second kappa shape index (κ2) is 4.16. The number of ether oxygens (including phenoxy) is 1. The van der Waals surface area contributed by atoms with Crippen LogP contribution in [0.15, 0.2) is 12.1 Å². The monoisotopic (exact) mass is 221 g/mol. The van der Waals surface area contributed by atoms with Crippen LogP contribution in [0.25, 0.3) is 0 Å². The number of nitrogen functional groups attached to an aromatic ring is 1. The van der Waals surface area contributed by atoms with Gasteiger partial charge in [-0.1, -0.05) is 6.07 Å². The highest BCUT2D eigenvalue weighted by Crippen LogP contribution is 2.22. The highest BCUT2D eigenvalue weighted by Gasteiger charge is 2.20. The molecule has 88 valence electrons. The second-order valence-electron chi connectivity index (χ2n) is 5.04. The molecule has 0 aromatic heterocycles. The number of hydrogen-bond acceptors (Lipinski definition) is 3. The third-order valence-electron chi connectivity index (χ3n) is 2.15. The number of benzene rings is 1. The van der Waals surface area contributed by atoms with Crippen LogP contribution in [0.1, 0.15) is 42.3 Å². The van der Waals surface area contributed by atoms with Gasteiger partial charge >= 0.3 is 5.97 Å². The summed E-state index contributed by atoms with van der Waals surface area (Å²) in [4.78, 5) is 11.9. The zero-order valence-electron chi connectivity index (χ0n) is 10.5. The molecule has 3 heteroatoms. The van der Waals surface area contributed by atoms with Gasteiger partial charge in [0.1, 0.15) is 5.60 Å². The van der Waals surface area contributed by atoms with Crippen LogP contribution in [0.3, 0.4) is 0 Å². The van der Waals surface area contributed by atoms with Gasteiger partial charge in [0.15, 0.2) is 0 Å². The average Bonchev–Trinajstić information content (AvgIpc) is 2.08. The van der Waals surface area contributed by atoms with E-state index in [0.717, 1.165) is 11.1 Å². The normalized spacial score (nSPS) is 11.3. The first kappa shape index (κ1) is 12.6. The number of carbonyl (C=O) groups is 1. The van der Waals surface area contributed by atoms with Crippen molar-refractivity contribution in [1.82, 2.24) is 0 Å². The van der Waals surface area contributed by atoms with Gasteiger partial charge in [0.25, 0.3) is 0 Å². The molecule has 0 aliphatic heterocycles. The standard InChI is InChI=1S/C13H19NO2/c1-8-6-9(2)11(14)10(7-8)12(15)16-13(3,4)5/h6-7H,14H2,1-5H3. The molecular weight excluding hydrogens is 202 g/mol. The summed E-state index contributed by atoms with van der Waals surface area (Å²) in [5.74, 6) is -0.364. The molecule has 0 radical (unpaired) electrons. The Morgan fingerprint density at radius 3 is 2.31 bits per heavy atom. The van der Waals surface area contributed by atoms with Gasteiger partial charge in [-0.15, -0.1) is 0 Å². The molecule has 0 bridgehead atoms. The van der Waals surface area contributed by atoms with E-state index >= 15 is 0 Å². The lowest BCUT2D eigenvalue weighted by atomic mass is 10.0. The molecule has 0 spiro atoms. The predicted octanol–water partition coefficient (Wildman–Crippen LogP) is 2.84. The highest BCUT2D eigenvalue weighted by atomic mass is 16.6. The summed E-state index contributed by atoms with van der Waals surface area (Å²) in [5.41, 5.74) is 8.23. The molecular formula is C13H19NO2. The molecule has 3 nitrogen and oxygen atoms in total. The molecule has 2 N–H and O–H groups in total. The third kappa shape index (κ3) is 2.99. The summed E-state index contributed by atoms with van der Waals surface area (Å²) in [6.45, 7) is 9.33. The van der Waals surface area contributed by atoms with E-state index < -0.39 is 5.60 Å². The first-order valence-electron chi connectivity index (χ1n) is 5.31. The van der Waals surface area contributed by atoms with Gasteiger partial charge in [0.2, 0.25) is 0 Å². The van der Waals surface area contributed by atoms with Gasteiger partial charge in [-0.05, 0) is 51.8 Å². The van der Waals surface area contributed by atoms with Crippen molar-refractivity contribution in [3.63, 3.8) is 0 Å². The molecule has 1 aromatic rings. The Kier molecular flexibility index (Phi) is 3.27. The lowest BCUT2D eigenvalue weighted by Gasteiger charge is -2.20. The van der Waals surface area contributed by atoms with E-state index in [1.807, 2.05) is 40.7 Å². The first-order chi connectivity index (χ1) is 7.20. The molecule has 16 heavy (non-hydrogen) atoms. The molecule has 0 aliphatic rings. The van der Waals surface area contributed by atoms with Crippen LogP contribution in [-0.4, -0.2) is 11.6 Å². The van der Waals surface area contributed by atoms with Gasteiger partial charge in [0, 0.05) is 5.69 Å². The van der Waals surface area contributed by atoms with Crippen LogP contribution in [0.5, 0.6) is 0 Å². The van der Waals surface area contributed by atoms with Crippen molar-refractivity contribution in [1.29, 1.82) is 0 Å². The number of esters is 1. The fourth-order valence-corrected chi connectivity index (χ4v) is 1.48. The summed E-state index contributed by atoms with van der Waals surface area (Å²) >= 11 is 0. The fourth-order valence-electron chi connectivity index (χ4n) is 1.48. The molecule has 1 rings (SSSR count). The van der Waals surface area contributed by atoms with E-state index in [2.05, 4.69) is 0 Å². The van der Waals surface area contributed by atoms with Crippen molar-refractivity contribution < 1.29 is 9.53 Å². The molecule has 0 unspecified atom stereocenters. The van der Waals surface area contributed by atoms with Crippen molar-refractivity contribution in [3.05, 3.63) is 28.8 Å². The van der Waals surface area contributed by atoms with Crippen molar-refractivity contribution in [3.8, 4) is 0 Å². The summed E-state index contributed by atoms with van der Waals surface area (Å²) in [7, 11) is 0. The Balaban J connectivity index is 3.09. The summed E-state index contributed by atoms with van der Waals surface area (Å²) in [6, 6.07) is 3.71. The maximum absolute atomic E-state index is 11.9. The van der Waals surface area contributed by atoms with Crippen LogP contribution >= 0.6 is 0 Å². The largest absolute Gasteiger partial charge is 0.456 e. The second-order valence-corrected chi connectivity index (χ2v) is 5.04. The van der Waals surface area contributed by atoms with E-state index in [4.69, 9.17) is 10.5 Å². The van der Waals surface area contributed by atoms with Crippen molar-refractivity contribution in [2.45, 2.75) is 40.2 Å². The minimum atomic E-state index is -0.499. The molecule has 0 fully saturated rings.